The Morgan fingerprint density at radius 1 is 1.06 bits per heavy atom. The molecule has 98 valence electrons. The topological polar surface area (TPSA) is 38.0 Å². The van der Waals surface area contributed by atoms with Crippen molar-refractivity contribution in [3.63, 3.8) is 0 Å². The zero-order valence-corrected chi connectivity index (χ0v) is 11.1. The van der Waals surface area contributed by atoms with Crippen molar-refractivity contribution in [1.82, 2.24) is 5.32 Å². The Bertz CT molecular complexity index is 382. The quantitative estimate of drug-likeness (QED) is 0.773. The fraction of sp³-hybridized carbons (Fsp3) is 0.625. The van der Waals surface area contributed by atoms with E-state index in [0.29, 0.717) is 0 Å². The molecule has 1 aromatic rings. The first-order valence-electron chi connectivity index (χ1n) is 7.38. The monoisotopic (exact) mass is 244 g/mol. The molecular formula is C16H24N2. The fourth-order valence-corrected chi connectivity index (χ4v) is 2.99. The Kier molecular flexibility index (Phi) is 3.67. The Balaban J connectivity index is 1.61. The second kappa shape index (κ2) is 5.41. The summed E-state index contributed by atoms with van der Waals surface area (Å²) < 4.78 is 0. The first-order chi connectivity index (χ1) is 8.88. The van der Waals surface area contributed by atoms with Crippen LogP contribution in [0, 0.1) is 11.8 Å². The minimum Gasteiger partial charge on any atom is -0.330 e. The van der Waals surface area contributed by atoms with E-state index in [-0.39, 0.29) is 0 Å². The van der Waals surface area contributed by atoms with E-state index >= 15 is 0 Å². The molecule has 1 aromatic carbocycles. The molecule has 0 spiro atoms. The largest absolute Gasteiger partial charge is 0.330 e. The van der Waals surface area contributed by atoms with Gasteiger partial charge in [0.1, 0.15) is 0 Å². The Morgan fingerprint density at radius 3 is 2.22 bits per heavy atom. The van der Waals surface area contributed by atoms with Crippen molar-refractivity contribution in [3.8, 4) is 0 Å². The summed E-state index contributed by atoms with van der Waals surface area (Å²) in [5, 5.41) is 3.82. The number of rotatable bonds is 7. The molecule has 0 radical (unpaired) electrons. The highest BCUT2D eigenvalue weighted by atomic mass is 14.9. The summed E-state index contributed by atoms with van der Waals surface area (Å²) in [4.78, 5) is 0. The highest BCUT2D eigenvalue weighted by molar-refractivity contribution is 5.27. The molecule has 3 N–H and O–H groups in total. The average molecular weight is 244 g/mol. The van der Waals surface area contributed by atoms with E-state index in [2.05, 4.69) is 29.6 Å². The normalized spacial score (nSPS) is 19.4. The van der Waals surface area contributed by atoms with Gasteiger partial charge in [0.25, 0.3) is 0 Å². The smallest absolute Gasteiger partial charge is 0.0211 e. The average Bonchev–Trinajstić information content (AvgIpc) is 3.26. The maximum atomic E-state index is 5.68. The van der Waals surface area contributed by atoms with E-state index in [0.717, 1.165) is 37.4 Å². The highest BCUT2D eigenvalue weighted by Crippen LogP contribution is 2.44. The van der Waals surface area contributed by atoms with Gasteiger partial charge >= 0.3 is 0 Å². The molecule has 0 amide bonds. The van der Waals surface area contributed by atoms with Gasteiger partial charge in [-0.05, 0) is 61.6 Å². The van der Waals surface area contributed by atoms with Gasteiger partial charge in [-0.3, -0.25) is 0 Å². The standard InChI is InChI=1S/C16H24N2/c17-10-9-12-3-1-2-4-15(12)11-18-16(13-5-6-13)14-7-8-14/h1-4,13-14,16,18H,5-11,17H2. The molecule has 0 atom stereocenters. The van der Waals surface area contributed by atoms with Gasteiger partial charge < -0.3 is 11.1 Å². The van der Waals surface area contributed by atoms with Crippen molar-refractivity contribution >= 4 is 0 Å². The molecule has 3 rings (SSSR count). The third kappa shape index (κ3) is 2.93. The second-order valence-corrected chi connectivity index (χ2v) is 5.89. The van der Waals surface area contributed by atoms with Crippen molar-refractivity contribution in [2.45, 2.75) is 44.7 Å². The molecule has 2 fully saturated rings. The lowest BCUT2D eigenvalue weighted by Gasteiger charge is -2.19. The number of nitrogens with one attached hydrogen (secondary N) is 1. The van der Waals surface area contributed by atoms with Gasteiger partial charge in [0.2, 0.25) is 0 Å². The van der Waals surface area contributed by atoms with Gasteiger partial charge in [-0.1, -0.05) is 24.3 Å². The zero-order chi connectivity index (χ0) is 12.4. The minimum atomic E-state index is 0.742. The Hall–Kier alpha value is -0.860. The van der Waals surface area contributed by atoms with Gasteiger partial charge in [0.05, 0.1) is 0 Å². The molecule has 0 saturated heterocycles. The lowest BCUT2D eigenvalue weighted by molar-refractivity contribution is 0.415. The van der Waals surface area contributed by atoms with Crippen LogP contribution in [0.3, 0.4) is 0 Å². The molecule has 2 heteroatoms. The fourth-order valence-electron chi connectivity index (χ4n) is 2.99. The third-order valence-corrected chi connectivity index (χ3v) is 4.32. The molecule has 2 nitrogen and oxygen atoms in total. The van der Waals surface area contributed by atoms with E-state index in [1.165, 1.54) is 36.8 Å². The lowest BCUT2D eigenvalue weighted by Crippen LogP contribution is -2.32. The molecule has 2 aliphatic rings. The summed E-state index contributed by atoms with van der Waals surface area (Å²) in [5.74, 6) is 1.94. The summed E-state index contributed by atoms with van der Waals surface area (Å²) in [7, 11) is 0. The minimum absolute atomic E-state index is 0.742. The molecule has 2 aliphatic carbocycles. The number of hydrogen-bond donors (Lipinski definition) is 2. The van der Waals surface area contributed by atoms with Crippen molar-refractivity contribution in [1.29, 1.82) is 0 Å². The first-order valence-corrected chi connectivity index (χ1v) is 7.38. The summed E-state index contributed by atoms with van der Waals surface area (Å²) in [6.45, 7) is 1.76. The Labute approximate surface area is 110 Å². The molecule has 2 saturated carbocycles. The van der Waals surface area contributed by atoms with Crippen molar-refractivity contribution in [2.24, 2.45) is 17.6 Å². The molecular weight excluding hydrogens is 220 g/mol. The lowest BCUT2D eigenvalue weighted by atomic mass is 10.0. The van der Waals surface area contributed by atoms with E-state index in [1.807, 2.05) is 0 Å². The molecule has 0 aromatic heterocycles. The zero-order valence-electron chi connectivity index (χ0n) is 11.1. The maximum Gasteiger partial charge on any atom is 0.0211 e. The number of nitrogens with two attached hydrogens (primary N) is 1. The van der Waals surface area contributed by atoms with E-state index in [9.17, 15) is 0 Å². The van der Waals surface area contributed by atoms with Crippen LogP contribution in [0.1, 0.15) is 36.8 Å². The summed E-state index contributed by atoms with van der Waals surface area (Å²) in [6.07, 6.45) is 6.77. The van der Waals surface area contributed by atoms with Crippen LogP contribution in [0.5, 0.6) is 0 Å². The molecule has 18 heavy (non-hydrogen) atoms. The number of benzene rings is 1. The predicted octanol–water partition coefficient (Wildman–Crippen LogP) is 2.47. The third-order valence-electron chi connectivity index (χ3n) is 4.32. The first kappa shape index (κ1) is 12.2. The number of hydrogen-bond acceptors (Lipinski definition) is 2. The van der Waals surface area contributed by atoms with Crippen LogP contribution in [-0.4, -0.2) is 12.6 Å². The molecule has 0 heterocycles. The van der Waals surface area contributed by atoms with E-state index in [1.54, 1.807) is 0 Å². The second-order valence-electron chi connectivity index (χ2n) is 5.89. The maximum absolute atomic E-state index is 5.68. The predicted molar refractivity (Wildman–Crippen MR) is 75.3 cm³/mol. The summed E-state index contributed by atoms with van der Waals surface area (Å²) in [5.41, 5.74) is 8.54. The SMILES string of the molecule is NCCc1ccccc1CNC(C1CC1)C1CC1. The van der Waals surface area contributed by atoms with E-state index < -0.39 is 0 Å². The Morgan fingerprint density at radius 2 is 1.67 bits per heavy atom. The van der Waals surface area contributed by atoms with Crippen LogP contribution in [-0.2, 0) is 13.0 Å². The highest BCUT2D eigenvalue weighted by Gasteiger charge is 2.40. The van der Waals surface area contributed by atoms with Crippen LogP contribution < -0.4 is 11.1 Å². The van der Waals surface area contributed by atoms with Gasteiger partial charge in [0, 0.05) is 12.6 Å². The van der Waals surface area contributed by atoms with E-state index in [4.69, 9.17) is 5.73 Å². The molecule has 0 aliphatic heterocycles. The van der Waals surface area contributed by atoms with Crippen molar-refractivity contribution in [3.05, 3.63) is 35.4 Å². The van der Waals surface area contributed by atoms with Crippen LogP contribution in [0.25, 0.3) is 0 Å². The molecule has 0 unspecified atom stereocenters. The van der Waals surface area contributed by atoms with Crippen LogP contribution in [0.2, 0.25) is 0 Å². The van der Waals surface area contributed by atoms with Gasteiger partial charge in [0.15, 0.2) is 0 Å². The van der Waals surface area contributed by atoms with Gasteiger partial charge in [-0.15, -0.1) is 0 Å². The van der Waals surface area contributed by atoms with Crippen molar-refractivity contribution in [2.75, 3.05) is 6.54 Å². The summed E-state index contributed by atoms with van der Waals surface area (Å²) >= 11 is 0. The van der Waals surface area contributed by atoms with Gasteiger partial charge in [-0.25, -0.2) is 0 Å². The molecule has 0 bridgehead atoms. The van der Waals surface area contributed by atoms with Crippen molar-refractivity contribution < 1.29 is 0 Å². The van der Waals surface area contributed by atoms with Gasteiger partial charge in [-0.2, -0.15) is 0 Å². The van der Waals surface area contributed by atoms with Crippen LogP contribution in [0.15, 0.2) is 24.3 Å². The summed E-state index contributed by atoms with van der Waals surface area (Å²) in [6, 6.07) is 9.51. The van der Waals surface area contributed by atoms with Crippen LogP contribution in [0.4, 0.5) is 0 Å². The van der Waals surface area contributed by atoms with Crippen LogP contribution >= 0.6 is 0 Å².